The quantitative estimate of drug-likeness (QED) is 0.412. The van der Waals surface area contributed by atoms with Gasteiger partial charge in [0.25, 0.3) is 0 Å². The van der Waals surface area contributed by atoms with E-state index in [4.69, 9.17) is 16.6 Å². The predicted octanol–water partition coefficient (Wildman–Crippen LogP) is 5.80. The number of furan rings is 1. The summed E-state index contributed by atoms with van der Waals surface area (Å²) < 4.78 is 34.2. The summed E-state index contributed by atoms with van der Waals surface area (Å²) >= 11 is 5.59. The van der Waals surface area contributed by atoms with Gasteiger partial charge in [-0.2, -0.15) is 0 Å². The number of hydrogen-bond acceptors (Lipinski definition) is 3. The van der Waals surface area contributed by atoms with Crippen molar-refractivity contribution < 1.29 is 13.2 Å². The zero-order valence-corrected chi connectivity index (χ0v) is 17.0. The summed E-state index contributed by atoms with van der Waals surface area (Å²) in [4.78, 5) is 6.19. The molecule has 2 aromatic carbocycles. The van der Waals surface area contributed by atoms with Gasteiger partial charge in [-0.15, -0.1) is 0 Å². The average Bonchev–Trinajstić information content (AvgIpc) is 3.40. The first-order valence-corrected chi connectivity index (χ1v) is 10.1. The third-order valence-electron chi connectivity index (χ3n) is 5.26. The molecule has 5 rings (SSSR count). The topological polar surface area (TPSA) is 41.3 Å². The molecule has 1 saturated heterocycles. The summed E-state index contributed by atoms with van der Waals surface area (Å²) in [7, 11) is 0. The number of rotatable bonds is 4. The van der Waals surface area contributed by atoms with Crippen LogP contribution >= 0.6 is 12.2 Å². The molecule has 1 aliphatic rings. The fourth-order valence-corrected chi connectivity index (χ4v) is 4.17. The van der Waals surface area contributed by atoms with Crippen molar-refractivity contribution >= 4 is 23.0 Å². The van der Waals surface area contributed by atoms with Crippen LogP contribution in [-0.4, -0.2) is 10.1 Å². The molecule has 2 aromatic heterocycles. The summed E-state index contributed by atoms with van der Waals surface area (Å²) in [5.74, 6) is 0.470. The van der Waals surface area contributed by atoms with Crippen LogP contribution in [0.1, 0.15) is 23.5 Å². The molecule has 1 aliphatic heterocycles. The summed E-state index contributed by atoms with van der Waals surface area (Å²) in [6.07, 6.45) is 1.70. The molecule has 7 heteroatoms. The summed E-state index contributed by atoms with van der Waals surface area (Å²) in [5, 5.41) is 3.65. The van der Waals surface area contributed by atoms with E-state index in [0.717, 1.165) is 11.3 Å². The van der Waals surface area contributed by atoms with Gasteiger partial charge >= 0.3 is 0 Å². The molecular weight excluding hydrogens is 416 g/mol. The Morgan fingerprint density at radius 3 is 2.42 bits per heavy atom. The van der Waals surface area contributed by atoms with Gasteiger partial charge in [-0.3, -0.25) is 4.98 Å². The number of aromatic nitrogens is 1. The van der Waals surface area contributed by atoms with Gasteiger partial charge in [0.1, 0.15) is 29.2 Å². The molecule has 31 heavy (non-hydrogen) atoms. The van der Waals surface area contributed by atoms with Crippen LogP contribution < -0.4 is 10.2 Å². The van der Waals surface area contributed by atoms with Gasteiger partial charge in [-0.25, -0.2) is 8.78 Å². The standard InChI is InChI=1S/C24H17F2N3OS/c25-16-10-8-15(9-11-16)20-12-13-21(30-20)23-22(18-6-3-4-14-27-18)28-24(31)29(23)19-7-2-1-5-17(19)26/h1-14,22-23H,(H,28,31)/t22-,23+/m0/s1. The Bertz CT molecular complexity index is 1230. The Kier molecular flexibility index (Phi) is 4.95. The van der Waals surface area contributed by atoms with E-state index < -0.39 is 6.04 Å². The summed E-state index contributed by atoms with van der Waals surface area (Å²) in [6.45, 7) is 0. The molecule has 1 fully saturated rings. The van der Waals surface area contributed by atoms with Crippen LogP contribution in [0.3, 0.4) is 0 Å². The highest BCUT2D eigenvalue weighted by molar-refractivity contribution is 7.80. The molecule has 0 aliphatic carbocycles. The predicted molar refractivity (Wildman–Crippen MR) is 118 cm³/mol. The lowest BCUT2D eigenvalue weighted by atomic mass is 10.0. The summed E-state index contributed by atoms with van der Waals surface area (Å²) in [6, 6.07) is 21.0. The SMILES string of the molecule is Fc1ccc(-c2ccc([C@@H]3[C@H](c4ccccn4)NC(=S)N3c3ccccc3F)o2)cc1. The Labute approximate surface area is 183 Å². The van der Waals surface area contributed by atoms with E-state index in [-0.39, 0.29) is 17.7 Å². The van der Waals surface area contributed by atoms with E-state index in [2.05, 4.69) is 10.3 Å². The second-order valence-electron chi connectivity index (χ2n) is 7.16. The number of nitrogens with zero attached hydrogens (tertiary/aromatic N) is 2. The number of hydrogen-bond donors (Lipinski definition) is 1. The number of anilines is 1. The highest BCUT2D eigenvalue weighted by Crippen LogP contribution is 2.43. The van der Waals surface area contributed by atoms with Crippen molar-refractivity contribution in [2.24, 2.45) is 0 Å². The smallest absolute Gasteiger partial charge is 0.174 e. The number of nitrogens with one attached hydrogen (secondary N) is 1. The van der Waals surface area contributed by atoms with E-state index >= 15 is 0 Å². The molecule has 4 nitrogen and oxygen atoms in total. The molecule has 0 amide bonds. The first-order valence-electron chi connectivity index (χ1n) is 9.72. The molecule has 0 saturated carbocycles. The number of halogens is 2. The largest absolute Gasteiger partial charge is 0.459 e. The fourth-order valence-electron chi connectivity index (χ4n) is 3.83. The lowest BCUT2D eigenvalue weighted by molar-refractivity contribution is 0.437. The van der Waals surface area contributed by atoms with E-state index in [9.17, 15) is 8.78 Å². The minimum absolute atomic E-state index is 0.318. The van der Waals surface area contributed by atoms with Crippen LogP contribution in [0.5, 0.6) is 0 Å². The molecule has 4 aromatic rings. The normalized spacial score (nSPS) is 18.3. The van der Waals surface area contributed by atoms with Crippen molar-refractivity contribution in [2.45, 2.75) is 12.1 Å². The number of thiocarbonyl (C=S) groups is 1. The van der Waals surface area contributed by atoms with Crippen LogP contribution in [0.15, 0.2) is 89.5 Å². The maximum Gasteiger partial charge on any atom is 0.174 e. The lowest BCUT2D eigenvalue weighted by Gasteiger charge is -2.26. The van der Waals surface area contributed by atoms with Gasteiger partial charge in [0, 0.05) is 11.8 Å². The van der Waals surface area contributed by atoms with Gasteiger partial charge in [0.15, 0.2) is 5.11 Å². The van der Waals surface area contributed by atoms with Crippen molar-refractivity contribution in [3.63, 3.8) is 0 Å². The molecule has 154 valence electrons. The number of para-hydroxylation sites is 1. The fraction of sp³-hybridized carbons (Fsp3) is 0.0833. The van der Waals surface area contributed by atoms with Gasteiger partial charge < -0.3 is 14.6 Å². The molecule has 0 spiro atoms. The van der Waals surface area contributed by atoms with Crippen LogP contribution in [0.4, 0.5) is 14.5 Å². The van der Waals surface area contributed by atoms with Crippen LogP contribution in [0, 0.1) is 11.6 Å². The van der Waals surface area contributed by atoms with E-state index in [0.29, 0.717) is 22.3 Å². The van der Waals surface area contributed by atoms with Crippen molar-refractivity contribution in [2.75, 3.05) is 4.90 Å². The second-order valence-corrected chi connectivity index (χ2v) is 7.54. The lowest BCUT2D eigenvalue weighted by Crippen LogP contribution is -2.30. The maximum atomic E-state index is 14.7. The van der Waals surface area contributed by atoms with Crippen LogP contribution in [-0.2, 0) is 0 Å². The van der Waals surface area contributed by atoms with Crippen molar-refractivity contribution in [3.8, 4) is 11.3 Å². The van der Waals surface area contributed by atoms with E-state index in [1.807, 2.05) is 30.3 Å². The van der Waals surface area contributed by atoms with Crippen LogP contribution in [0.25, 0.3) is 11.3 Å². The average molecular weight is 433 g/mol. The highest BCUT2D eigenvalue weighted by Gasteiger charge is 2.43. The number of pyridine rings is 1. The van der Waals surface area contributed by atoms with E-state index in [1.165, 1.54) is 18.2 Å². The Morgan fingerprint density at radius 2 is 1.68 bits per heavy atom. The molecule has 1 N–H and O–H groups in total. The Hall–Kier alpha value is -3.58. The third-order valence-corrected chi connectivity index (χ3v) is 5.57. The van der Waals surface area contributed by atoms with E-state index in [1.54, 1.807) is 41.4 Å². The van der Waals surface area contributed by atoms with Gasteiger partial charge in [-0.05, 0) is 72.9 Å². The van der Waals surface area contributed by atoms with Gasteiger partial charge in [-0.1, -0.05) is 18.2 Å². The van der Waals surface area contributed by atoms with Crippen molar-refractivity contribution in [1.82, 2.24) is 10.3 Å². The Morgan fingerprint density at radius 1 is 0.903 bits per heavy atom. The molecule has 3 heterocycles. The summed E-state index contributed by atoms with van der Waals surface area (Å²) in [5.41, 5.74) is 1.85. The minimum Gasteiger partial charge on any atom is -0.459 e. The molecule has 0 bridgehead atoms. The molecule has 0 unspecified atom stereocenters. The molecule has 2 atom stereocenters. The monoisotopic (exact) mass is 433 g/mol. The first-order chi connectivity index (χ1) is 15.1. The van der Waals surface area contributed by atoms with Gasteiger partial charge in [0.2, 0.25) is 0 Å². The molecular formula is C24H17F2N3OS. The third kappa shape index (κ3) is 3.57. The molecule has 0 radical (unpaired) electrons. The first kappa shape index (κ1) is 19.4. The minimum atomic E-state index is -0.464. The zero-order chi connectivity index (χ0) is 21.4. The van der Waals surface area contributed by atoms with Gasteiger partial charge in [0.05, 0.1) is 17.4 Å². The highest BCUT2D eigenvalue weighted by atomic mass is 32.1. The Balaban J connectivity index is 1.61. The zero-order valence-electron chi connectivity index (χ0n) is 16.2. The van der Waals surface area contributed by atoms with Crippen LogP contribution in [0.2, 0.25) is 0 Å². The van der Waals surface area contributed by atoms with Crippen molar-refractivity contribution in [3.05, 3.63) is 108 Å². The number of benzene rings is 2. The second kappa shape index (κ2) is 7.92. The maximum absolute atomic E-state index is 14.7. The van der Waals surface area contributed by atoms with Crippen molar-refractivity contribution in [1.29, 1.82) is 0 Å².